The van der Waals surface area contributed by atoms with Crippen molar-refractivity contribution in [2.24, 2.45) is 10.2 Å². The topological polar surface area (TPSA) is 53.8 Å². The third-order valence-electron chi connectivity index (χ3n) is 4.58. The molecule has 2 aliphatic rings. The highest BCUT2D eigenvalue weighted by atomic mass is 19.4. The number of hydrogen-bond donors (Lipinski definition) is 1. The van der Waals surface area contributed by atoms with Crippen molar-refractivity contribution in [1.82, 2.24) is 5.32 Å². The first-order valence-electron chi connectivity index (χ1n) is 7.88. The van der Waals surface area contributed by atoms with Crippen LogP contribution >= 0.6 is 0 Å². The van der Waals surface area contributed by atoms with E-state index in [4.69, 9.17) is 0 Å². The van der Waals surface area contributed by atoms with Crippen LogP contribution in [0.1, 0.15) is 33.8 Å². The third kappa shape index (κ3) is 2.79. The summed E-state index contributed by atoms with van der Waals surface area (Å²) in [6.45, 7) is 0. The van der Waals surface area contributed by atoms with E-state index >= 15 is 0 Å². The van der Waals surface area contributed by atoms with E-state index in [1.807, 2.05) is 30.3 Å². The van der Waals surface area contributed by atoms with E-state index in [1.54, 1.807) is 0 Å². The van der Waals surface area contributed by atoms with Crippen molar-refractivity contribution in [2.75, 3.05) is 0 Å². The quantitative estimate of drug-likeness (QED) is 0.889. The Morgan fingerprint density at radius 2 is 1.68 bits per heavy atom. The number of benzene rings is 2. The molecular formula is C18H14F3N3O. The lowest BCUT2D eigenvalue weighted by Crippen LogP contribution is -2.30. The molecule has 1 saturated carbocycles. The minimum Gasteiger partial charge on any atom is -0.349 e. The van der Waals surface area contributed by atoms with Crippen LogP contribution in [0.25, 0.3) is 0 Å². The van der Waals surface area contributed by atoms with Gasteiger partial charge in [-0.25, -0.2) is 0 Å². The fraction of sp³-hybridized carbons (Fsp3) is 0.278. The van der Waals surface area contributed by atoms with Crippen LogP contribution in [-0.2, 0) is 5.66 Å². The number of carbonyl (C=O) groups excluding carboxylic acids is 1. The molecule has 4 rings (SSSR count). The number of nitrogens with zero attached hydrogens (tertiary/aromatic N) is 2. The van der Waals surface area contributed by atoms with Gasteiger partial charge in [-0.2, -0.15) is 13.2 Å². The second-order valence-corrected chi connectivity index (χ2v) is 6.28. The van der Waals surface area contributed by atoms with E-state index < -0.39 is 11.8 Å². The zero-order valence-corrected chi connectivity index (χ0v) is 13.0. The van der Waals surface area contributed by atoms with Crippen LogP contribution in [0.5, 0.6) is 0 Å². The Labute approximate surface area is 141 Å². The molecule has 1 fully saturated rings. The summed E-state index contributed by atoms with van der Waals surface area (Å²) < 4.78 is 38.9. The molecule has 0 unspecified atom stereocenters. The summed E-state index contributed by atoms with van der Waals surface area (Å²) in [6.07, 6.45) is -3.70. The highest BCUT2D eigenvalue weighted by Crippen LogP contribution is 2.52. The number of nitrogens with one attached hydrogen (secondary N) is 1. The van der Waals surface area contributed by atoms with Crippen LogP contribution in [0.3, 0.4) is 0 Å². The summed E-state index contributed by atoms with van der Waals surface area (Å²) >= 11 is 0. The van der Waals surface area contributed by atoms with Crippen LogP contribution < -0.4 is 5.32 Å². The molecule has 0 radical (unpaired) electrons. The third-order valence-corrected chi connectivity index (χ3v) is 4.58. The second kappa shape index (κ2) is 5.40. The molecule has 25 heavy (non-hydrogen) atoms. The fourth-order valence-corrected chi connectivity index (χ4v) is 2.97. The Balaban J connectivity index is 1.41. The molecule has 1 heterocycles. The summed E-state index contributed by atoms with van der Waals surface area (Å²) in [5.41, 5.74) is -1.03. The molecule has 4 nitrogen and oxygen atoms in total. The van der Waals surface area contributed by atoms with Gasteiger partial charge in [0, 0.05) is 23.1 Å². The minimum absolute atomic E-state index is 0.0597. The number of hydrogen-bond acceptors (Lipinski definition) is 3. The van der Waals surface area contributed by atoms with Gasteiger partial charge in [-0.15, -0.1) is 10.2 Å². The van der Waals surface area contributed by atoms with Crippen molar-refractivity contribution in [3.05, 3.63) is 71.3 Å². The van der Waals surface area contributed by atoms with E-state index in [0.717, 1.165) is 6.42 Å². The normalized spacial score (nSPS) is 23.2. The molecule has 2 aromatic rings. The Morgan fingerprint density at radius 3 is 2.24 bits per heavy atom. The van der Waals surface area contributed by atoms with E-state index in [9.17, 15) is 18.0 Å². The maximum Gasteiger partial charge on any atom is 0.442 e. The molecule has 2 atom stereocenters. The number of carbonyl (C=O) groups is 1. The summed E-state index contributed by atoms with van der Waals surface area (Å²) in [4.78, 5) is 12.3. The van der Waals surface area contributed by atoms with Gasteiger partial charge >= 0.3 is 11.8 Å². The van der Waals surface area contributed by atoms with Gasteiger partial charge in [0.15, 0.2) is 0 Å². The van der Waals surface area contributed by atoms with Crippen molar-refractivity contribution in [3.63, 3.8) is 0 Å². The van der Waals surface area contributed by atoms with Gasteiger partial charge in [-0.1, -0.05) is 42.5 Å². The predicted octanol–water partition coefficient (Wildman–Crippen LogP) is 4.15. The van der Waals surface area contributed by atoms with E-state index in [-0.39, 0.29) is 17.5 Å². The van der Waals surface area contributed by atoms with Crippen molar-refractivity contribution in [1.29, 1.82) is 0 Å². The van der Waals surface area contributed by atoms with Gasteiger partial charge in [-0.05, 0) is 24.1 Å². The zero-order chi connectivity index (χ0) is 17.7. The van der Waals surface area contributed by atoms with Crippen LogP contribution in [0.4, 0.5) is 13.2 Å². The fourth-order valence-electron chi connectivity index (χ4n) is 2.97. The molecule has 0 spiro atoms. The summed E-state index contributed by atoms with van der Waals surface area (Å²) in [5, 5.41) is 9.22. The first-order chi connectivity index (χ1) is 11.9. The highest BCUT2D eigenvalue weighted by molar-refractivity contribution is 5.94. The van der Waals surface area contributed by atoms with Crippen molar-refractivity contribution in [3.8, 4) is 0 Å². The molecule has 7 heteroatoms. The predicted molar refractivity (Wildman–Crippen MR) is 84.1 cm³/mol. The van der Waals surface area contributed by atoms with E-state index in [1.165, 1.54) is 29.8 Å². The average molecular weight is 345 g/mol. The molecular weight excluding hydrogens is 331 g/mol. The Bertz CT molecular complexity index is 825. The number of rotatable bonds is 4. The molecule has 1 aliphatic heterocycles. The van der Waals surface area contributed by atoms with Crippen LogP contribution in [0.2, 0.25) is 0 Å². The van der Waals surface area contributed by atoms with E-state index in [2.05, 4.69) is 15.5 Å². The largest absolute Gasteiger partial charge is 0.442 e. The molecule has 0 saturated heterocycles. The summed E-state index contributed by atoms with van der Waals surface area (Å²) in [7, 11) is 0. The Kier molecular flexibility index (Phi) is 3.42. The monoisotopic (exact) mass is 345 g/mol. The van der Waals surface area contributed by atoms with Crippen molar-refractivity contribution in [2.45, 2.75) is 30.2 Å². The maximum atomic E-state index is 13.0. The van der Waals surface area contributed by atoms with Gasteiger partial charge in [0.1, 0.15) is 0 Å². The number of alkyl halides is 3. The van der Waals surface area contributed by atoms with Crippen LogP contribution in [-0.4, -0.2) is 18.1 Å². The van der Waals surface area contributed by atoms with Crippen molar-refractivity contribution >= 4 is 5.91 Å². The number of amides is 1. The van der Waals surface area contributed by atoms with E-state index in [0.29, 0.717) is 11.5 Å². The second-order valence-electron chi connectivity index (χ2n) is 6.28. The van der Waals surface area contributed by atoms with Crippen LogP contribution in [0, 0.1) is 0 Å². The lowest BCUT2D eigenvalue weighted by Gasteiger charge is -2.15. The van der Waals surface area contributed by atoms with Gasteiger partial charge in [-0.3, -0.25) is 4.79 Å². The maximum absolute atomic E-state index is 13.0. The minimum atomic E-state index is -4.56. The highest BCUT2D eigenvalue weighted by Gasteiger charge is 2.65. The first kappa shape index (κ1) is 15.8. The smallest absolute Gasteiger partial charge is 0.349 e. The molecule has 0 bridgehead atoms. The molecule has 1 N–H and O–H groups in total. The Hall–Kier alpha value is -2.70. The summed E-state index contributed by atoms with van der Waals surface area (Å²) in [5.74, 6) is 0.00250. The van der Waals surface area contributed by atoms with Crippen LogP contribution in [0.15, 0.2) is 64.8 Å². The van der Waals surface area contributed by atoms with Gasteiger partial charge in [0.25, 0.3) is 5.91 Å². The average Bonchev–Trinajstić information content (AvgIpc) is 3.49. The Morgan fingerprint density at radius 1 is 1.04 bits per heavy atom. The van der Waals surface area contributed by atoms with Crippen molar-refractivity contribution < 1.29 is 18.0 Å². The molecule has 128 valence electrons. The van der Waals surface area contributed by atoms with Gasteiger partial charge < -0.3 is 5.32 Å². The SMILES string of the molecule is O=C(N[C@H]1C[C@@H]1c1ccccc1)c1ccc(C2(C(F)(F)F)N=N2)cc1. The number of halogens is 3. The molecule has 1 amide bonds. The zero-order valence-electron chi connectivity index (χ0n) is 13.0. The first-order valence-corrected chi connectivity index (χ1v) is 7.88. The lowest BCUT2D eigenvalue weighted by atomic mass is 10.0. The standard InChI is InChI=1S/C18H14F3N3O/c19-18(20,21)17(23-24-17)13-8-6-12(7-9-13)16(25)22-15-10-14(15)11-4-2-1-3-5-11/h1-9,14-15H,10H2,(H,22,25)/t14-,15+/m1/s1. The molecule has 1 aliphatic carbocycles. The van der Waals surface area contributed by atoms with Gasteiger partial charge in [0.05, 0.1) is 0 Å². The molecule has 0 aromatic heterocycles. The molecule has 2 aromatic carbocycles. The summed E-state index contributed by atoms with van der Waals surface area (Å²) in [6, 6.07) is 15.2. The lowest BCUT2D eigenvalue weighted by molar-refractivity contribution is -0.166. The van der Waals surface area contributed by atoms with Gasteiger partial charge in [0.2, 0.25) is 0 Å².